The van der Waals surface area contributed by atoms with E-state index in [1.165, 1.54) is 11.1 Å². The predicted molar refractivity (Wildman–Crippen MR) is 76.6 cm³/mol. The van der Waals surface area contributed by atoms with Gasteiger partial charge in [0.25, 0.3) is 0 Å². The summed E-state index contributed by atoms with van der Waals surface area (Å²) >= 11 is 0. The lowest BCUT2D eigenvalue weighted by Crippen LogP contribution is -2.31. The van der Waals surface area contributed by atoms with Crippen LogP contribution in [0.4, 0.5) is 0 Å². The smallest absolute Gasteiger partial charge is 0.000559 e. The van der Waals surface area contributed by atoms with E-state index in [0.717, 1.165) is 19.5 Å². The van der Waals surface area contributed by atoms with Crippen LogP contribution in [-0.4, -0.2) is 13.1 Å². The Morgan fingerprint density at radius 1 is 1.12 bits per heavy atom. The van der Waals surface area contributed by atoms with Gasteiger partial charge in [0.1, 0.15) is 0 Å². The van der Waals surface area contributed by atoms with Crippen molar-refractivity contribution in [2.75, 3.05) is 13.1 Å². The van der Waals surface area contributed by atoms with E-state index >= 15 is 0 Å². The largest absolute Gasteiger partial charge is 0.316 e. The average molecular weight is 233 g/mol. The Hall–Kier alpha value is -0.820. The molecule has 1 aromatic rings. The van der Waals surface area contributed by atoms with Crippen molar-refractivity contribution >= 4 is 0 Å². The van der Waals surface area contributed by atoms with Gasteiger partial charge in [0.15, 0.2) is 0 Å². The second-order valence-electron chi connectivity index (χ2n) is 6.02. The van der Waals surface area contributed by atoms with Crippen LogP contribution in [0.2, 0.25) is 0 Å². The molecule has 0 saturated heterocycles. The molecule has 0 bridgehead atoms. The molecule has 0 spiro atoms. The molecule has 0 aromatic heterocycles. The Balaban J connectivity index is 2.62. The number of nitrogens with one attached hydrogen (secondary N) is 1. The minimum atomic E-state index is 0.329. The number of benzene rings is 1. The highest BCUT2D eigenvalue weighted by Crippen LogP contribution is 2.22. The molecule has 0 atom stereocenters. The first kappa shape index (κ1) is 14.2. The molecule has 0 heterocycles. The van der Waals surface area contributed by atoms with Crippen LogP contribution in [0.25, 0.3) is 0 Å². The van der Waals surface area contributed by atoms with Gasteiger partial charge < -0.3 is 5.32 Å². The lowest BCUT2D eigenvalue weighted by atomic mass is 9.85. The van der Waals surface area contributed by atoms with Gasteiger partial charge in [-0.15, -0.1) is 0 Å². The molecule has 0 fully saturated rings. The van der Waals surface area contributed by atoms with Crippen LogP contribution in [0.15, 0.2) is 24.3 Å². The van der Waals surface area contributed by atoms with Crippen molar-refractivity contribution in [2.24, 2.45) is 5.41 Å². The fourth-order valence-electron chi connectivity index (χ4n) is 2.10. The lowest BCUT2D eigenvalue weighted by molar-refractivity contribution is 0.342. The summed E-state index contributed by atoms with van der Waals surface area (Å²) in [6.45, 7) is 13.4. The van der Waals surface area contributed by atoms with E-state index in [1.54, 1.807) is 0 Å². The molecule has 17 heavy (non-hydrogen) atoms. The van der Waals surface area contributed by atoms with Crippen LogP contribution in [-0.2, 0) is 6.42 Å². The van der Waals surface area contributed by atoms with E-state index in [9.17, 15) is 0 Å². The highest BCUT2D eigenvalue weighted by atomic mass is 14.9. The van der Waals surface area contributed by atoms with Crippen molar-refractivity contribution in [3.05, 3.63) is 35.4 Å². The summed E-state index contributed by atoms with van der Waals surface area (Å²) in [6, 6.07) is 9.10. The van der Waals surface area contributed by atoms with Crippen molar-refractivity contribution < 1.29 is 0 Å². The van der Waals surface area contributed by atoms with Crippen LogP contribution in [0, 0.1) is 5.41 Å². The zero-order chi connectivity index (χ0) is 12.9. The SMILES string of the molecule is CCNCC(C)(C)Cc1ccc(C(C)C)cc1. The standard InChI is InChI=1S/C16H27N/c1-6-17-12-16(4,5)11-14-7-9-15(10-8-14)13(2)3/h7-10,13,17H,6,11-12H2,1-5H3. The summed E-state index contributed by atoms with van der Waals surface area (Å²) in [7, 11) is 0. The van der Waals surface area contributed by atoms with Gasteiger partial charge in [-0.05, 0) is 35.4 Å². The molecule has 0 radical (unpaired) electrons. The third kappa shape index (κ3) is 4.91. The number of hydrogen-bond donors (Lipinski definition) is 1. The Morgan fingerprint density at radius 3 is 2.18 bits per heavy atom. The van der Waals surface area contributed by atoms with Gasteiger partial charge in [-0.3, -0.25) is 0 Å². The maximum Gasteiger partial charge on any atom is 0.000559 e. The molecular formula is C16H27N. The zero-order valence-electron chi connectivity index (χ0n) is 12.0. The molecule has 0 aliphatic carbocycles. The van der Waals surface area contributed by atoms with E-state index < -0.39 is 0 Å². The minimum absolute atomic E-state index is 0.329. The summed E-state index contributed by atoms with van der Waals surface area (Å²) in [5, 5.41) is 3.44. The minimum Gasteiger partial charge on any atom is -0.316 e. The van der Waals surface area contributed by atoms with Crippen molar-refractivity contribution in [2.45, 2.75) is 47.0 Å². The van der Waals surface area contributed by atoms with Gasteiger partial charge in [-0.1, -0.05) is 58.9 Å². The molecule has 1 nitrogen and oxygen atoms in total. The van der Waals surface area contributed by atoms with Gasteiger partial charge in [-0.2, -0.15) is 0 Å². The predicted octanol–water partition coefficient (Wildman–Crippen LogP) is 3.99. The first-order valence-electron chi connectivity index (χ1n) is 6.74. The first-order chi connectivity index (χ1) is 7.94. The van der Waals surface area contributed by atoms with E-state index in [2.05, 4.69) is 64.2 Å². The van der Waals surface area contributed by atoms with Gasteiger partial charge in [0.2, 0.25) is 0 Å². The van der Waals surface area contributed by atoms with Crippen LogP contribution in [0.1, 0.15) is 51.7 Å². The summed E-state index contributed by atoms with van der Waals surface area (Å²) in [6.07, 6.45) is 1.14. The quantitative estimate of drug-likeness (QED) is 0.783. The van der Waals surface area contributed by atoms with Crippen molar-refractivity contribution in [3.63, 3.8) is 0 Å². The molecule has 1 rings (SSSR count). The van der Waals surface area contributed by atoms with Crippen molar-refractivity contribution in [1.29, 1.82) is 0 Å². The Bertz CT molecular complexity index is 322. The van der Waals surface area contributed by atoms with E-state index in [0.29, 0.717) is 11.3 Å². The fraction of sp³-hybridized carbons (Fsp3) is 0.625. The average Bonchev–Trinajstić information content (AvgIpc) is 2.26. The summed E-state index contributed by atoms with van der Waals surface area (Å²) < 4.78 is 0. The topological polar surface area (TPSA) is 12.0 Å². The summed E-state index contributed by atoms with van der Waals surface area (Å²) in [4.78, 5) is 0. The van der Waals surface area contributed by atoms with Crippen molar-refractivity contribution in [3.8, 4) is 0 Å². The van der Waals surface area contributed by atoms with E-state index in [4.69, 9.17) is 0 Å². The molecule has 0 unspecified atom stereocenters. The van der Waals surface area contributed by atoms with Gasteiger partial charge >= 0.3 is 0 Å². The van der Waals surface area contributed by atoms with Crippen LogP contribution < -0.4 is 5.32 Å². The summed E-state index contributed by atoms with van der Waals surface area (Å²) in [5.41, 5.74) is 3.20. The first-order valence-corrected chi connectivity index (χ1v) is 6.74. The normalized spacial score (nSPS) is 12.1. The molecule has 0 saturated carbocycles. The van der Waals surface area contributed by atoms with E-state index in [1.807, 2.05) is 0 Å². The molecule has 0 aliphatic rings. The highest BCUT2D eigenvalue weighted by Gasteiger charge is 2.17. The van der Waals surface area contributed by atoms with Crippen molar-refractivity contribution in [1.82, 2.24) is 5.32 Å². The Labute approximate surface area is 107 Å². The van der Waals surface area contributed by atoms with Gasteiger partial charge in [0.05, 0.1) is 0 Å². The number of hydrogen-bond acceptors (Lipinski definition) is 1. The second kappa shape index (κ2) is 6.20. The van der Waals surface area contributed by atoms with Crippen LogP contribution in [0.3, 0.4) is 0 Å². The zero-order valence-corrected chi connectivity index (χ0v) is 12.0. The number of rotatable bonds is 6. The second-order valence-corrected chi connectivity index (χ2v) is 6.02. The molecule has 0 aliphatic heterocycles. The molecule has 1 N–H and O–H groups in total. The van der Waals surface area contributed by atoms with E-state index in [-0.39, 0.29) is 0 Å². The molecule has 0 amide bonds. The molecular weight excluding hydrogens is 206 g/mol. The van der Waals surface area contributed by atoms with Crippen LogP contribution in [0.5, 0.6) is 0 Å². The monoisotopic (exact) mass is 233 g/mol. The summed E-state index contributed by atoms with van der Waals surface area (Å²) in [5.74, 6) is 0.624. The third-order valence-corrected chi connectivity index (χ3v) is 3.18. The molecule has 1 aromatic carbocycles. The Kier molecular flexibility index (Phi) is 5.20. The molecule has 96 valence electrons. The lowest BCUT2D eigenvalue weighted by Gasteiger charge is -2.25. The van der Waals surface area contributed by atoms with Gasteiger partial charge in [0, 0.05) is 6.54 Å². The van der Waals surface area contributed by atoms with Crippen LogP contribution >= 0.6 is 0 Å². The molecule has 1 heteroatoms. The maximum atomic E-state index is 3.44. The Morgan fingerprint density at radius 2 is 1.71 bits per heavy atom. The third-order valence-electron chi connectivity index (χ3n) is 3.18. The highest BCUT2D eigenvalue weighted by molar-refractivity contribution is 5.25. The maximum absolute atomic E-state index is 3.44. The fourth-order valence-corrected chi connectivity index (χ4v) is 2.10. The van der Waals surface area contributed by atoms with Gasteiger partial charge in [-0.25, -0.2) is 0 Å².